The lowest BCUT2D eigenvalue weighted by molar-refractivity contribution is 0.0647. The highest BCUT2D eigenvalue weighted by molar-refractivity contribution is 6.32. The van der Waals surface area contributed by atoms with Gasteiger partial charge < -0.3 is 20.1 Å². The zero-order valence-corrected chi connectivity index (χ0v) is 17.2. The summed E-state index contributed by atoms with van der Waals surface area (Å²) < 4.78 is 5.25. The van der Waals surface area contributed by atoms with Crippen LogP contribution in [0.2, 0.25) is 5.02 Å². The van der Waals surface area contributed by atoms with E-state index in [0.29, 0.717) is 28.0 Å². The highest BCUT2D eigenvalue weighted by atomic mass is 35.5. The molecular formula is C19H20ClN7O3. The first kappa shape index (κ1) is 19.6. The van der Waals surface area contributed by atoms with Gasteiger partial charge in [0.2, 0.25) is 0 Å². The molecule has 2 aromatic rings. The molecule has 1 aromatic heterocycles. The van der Waals surface area contributed by atoms with Crippen LogP contribution < -0.4 is 26.3 Å². The molecule has 156 valence electrons. The van der Waals surface area contributed by atoms with Crippen LogP contribution >= 0.6 is 11.6 Å². The normalized spacial score (nSPS) is 14.9. The second-order valence-corrected chi connectivity index (χ2v) is 7.98. The number of amides is 2. The van der Waals surface area contributed by atoms with Crippen molar-refractivity contribution in [2.75, 3.05) is 10.6 Å². The molecule has 10 nitrogen and oxygen atoms in total. The molecule has 0 aliphatic carbocycles. The molecule has 3 heterocycles. The number of aliphatic imine (C=N–C) groups is 1. The summed E-state index contributed by atoms with van der Waals surface area (Å²) in [5, 5.41) is 11.0. The van der Waals surface area contributed by atoms with E-state index < -0.39 is 6.03 Å². The van der Waals surface area contributed by atoms with E-state index in [1.807, 2.05) is 20.8 Å². The molecule has 0 fully saturated rings. The Morgan fingerprint density at radius 2 is 2.10 bits per heavy atom. The molecule has 11 heteroatoms. The Morgan fingerprint density at radius 3 is 2.83 bits per heavy atom. The summed E-state index contributed by atoms with van der Waals surface area (Å²) in [5.74, 6) is 1.39. The number of rotatable bonds is 4. The molecule has 30 heavy (non-hydrogen) atoms. The lowest BCUT2D eigenvalue weighted by atomic mass is 9.93. The SMILES string of the molecule is CC(C)(C)c1cc(NC(=O)Nc2ccc(ON3C=NC=C4NNC=C43)c(Cl)c2)no1. The number of hydroxylamine groups is 2. The Morgan fingerprint density at radius 1 is 1.27 bits per heavy atom. The fourth-order valence-electron chi connectivity index (χ4n) is 2.63. The van der Waals surface area contributed by atoms with Crippen molar-refractivity contribution in [1.29, 1.82) is 0 Å². The summed E-state index contributed by atoms with van der Waals surface area (Å²) in [6.45, 7) is 5.98. The number of fused-ring (bicyclic) bond motifs is 1. The van der Waals surface area contributed by atoms with Crippen LogP contribution in [-0.4, -0.2) is 22.6 Å². The molecule has 2 amide bonds. The van der Waals surface area contributed by atoms with Crippen LogP contribution in [0.5, 0.6) is 5.75 Å². The summed E-state index contributed by atoms with van der Waals surface area (Å²) in [6, 6.07) is 6.11. The van der Waals surface area contributed by atoms with Crippen molar-refractivity contribution in [3.05, 3.63) is 58.8 Å². The number of aromatic nitrogens is 1. The van der Waals surface area contributed by atoms with E-state index in [9.17, 15) is 4.79 Å². The average molecular weight is 430 g/mol. The number of hydrogen-bond donors (Lipinski definition) is 4. The van der Waals surface area contributed by atoms with Crippen molar-refractivity contribution >= 4 is 35.5 Å². The van der Waals surface area contributed by atoms with E-state index in [1.54, 1.807) is 36.7 Å². The second-order valence-electron chi connectivity index (χ2n) is 7.57. The van der Waals surface area contributed by atoms with Gasteiger partial charge in [0.15, 0.2) is 11.6 Å². The molecule has 4 rings (SSSR count). The first-order valence-electron chi connectivity index (χ1n) is 9.07. The standard InChI is InChI=1S/C19H20ClN7O3/c1-19(2,3)16-7-17(26-29-16)24-18(28)23-11-4-5-15(12(20)6-11)30-27-10-21-8-13-14(27)9-22-25-13/h4-10,22,25H,1-3H3,(H2,23,24,26,28). The summed E-state index contributed by atoms with van der Waals surface area (Å²) in [5.41, 5.74) is 7.61. The van der Waals surface area contributed by atoms with Crippen LogP contribution in [0.4, 0.5) is 16.3 Å². The Kier molecular flexibility index (Phi) is 5.00. The number of nitrogens with zero attached hydrogens (tertiary/aromatic N) is 3. The van der Waals surface area contributed by atoms with E-state index in [-0.39, 0.29) is 5.41 Å². The maximum atomic E-state index is 12.2. The van der Waals surface area contributed by atoms with Gasteiger partial charge in [-0.2, -0.15) is 5.06 Å². The number of halogens is 1. The zero-order chi connectivity index (χ0) is 21.3. The molecule has 2 aliphatic heterocycles. The van der Waals surface area contributed by atoms with Gasteiger partial charge in [0, 0.05) is 23.4 Å². The van der Waals surface area contributed by atoms with Gasteiger partial charge in [-0.1, -0.05) is 37.5 Å². The molecule has 2 aliphatic rings. The Balaban J connectivity index is 1.38. The maximum Gasteiger partial charge on any atom is 0.324 e. The van der Waals surface area contributed by atoms with Crippen molar-refractivity contribution in [1.82, 2.24) is 21.1 Å². The van der Waals surface area contributed by atoms with Gasteiger partial charge in [-0.25, -0.2) is 9.79 Å². The minimum Gasteiger partial charge on any atom is -0.372 e. The predicted molar refractivity (Wildman–Crippen MR) is 113 cm³/mol. The van der Waals surface area contributed by atoms with Gasteiger partial charge in [-0.15, -0.1) is 0 Å². The maximum absolute atomic E-state index is 12.2. The third kappa shape index (κ3) is 4.18. The van der Waals surface area contributed by atoms with Gasteiger partial charge in [-0.3, -0.25) is 10.7 Å². The molecular weight excluding hydrogens is 410 g/mol. The lowest BCUT2D eigenvalue weighted by Crippen LogP contribution is -2.29. The van der Waals surface area contributed by atoms with Gasteiger partial charge in [0.05, 0.1) is 11.2 Å². The van der Waals surface area contributed by atoms with Gasteiger partial charge in [-0.05, 0) is 18.2 Å². The second kappa shape index (κ2) is 7.64. The fourth-order valence-corrected chi connectivity index (χ4v) is 2.85. The van der Waals surface area contributed by atoms with Crippen LogP contribution in [0.15, 0.2) is 57.6 Å². The van der Waals surface area contributed by atoms with E-state index in [1.165, 1.54) is 11.4 Å². The van der Waals surface area contributed by atoms with Crippen LogP contribution in [0.1, 0.15) is 26.5 Å². The highest BCUT2D eigenvalue weighted by Crippen LogP contribution is 2.30. The third-order valence-electron chi connectivity index (χ3n) is 4.18. The third-order valence-corrected chi connectivity index (χ3v) is 4.48. The van der Waals surface area contributed by atoms with Crippen LogP contribution in [0.3, 0.4) is 0 Å². The number of benzene rings is 1. The Hall–Kier alpha value is -3.66. The number of anilines is 2. The summed E-state index contributed by atoms with van der Waals surface area (Å²) in [4.78, 5) is 22.1. The zero-order valence-electron chi connectivity index (χ0n) is 16.5. The average Bonchev–Trinajstić information content (AvgIpc) is 3.33. The molecule has 0 spiro atoms. The largest absolute Gasteiger partial charge is 0.372 e. The molecule has 0 radical (unpaired) electrons. The van der Waals surface area contributed by atoms with Crippen molar-refractivity contribution in [2.24, 2.45) is 4.99 Å². The number of urea groups is 1. The number of hydrazine groups is 1. The molecule has 0 bridgehead atoms. The monoisotopic (exact) mass is 429 g/mol. The van der Waals surface area contributed by atoms with Gasteiger partial charge in [0.1, 0.15) is 23.5 Å². The number of hydrogen-bond acceptors (Lipinski definition) is 8. The Labute approximate surface area is 177 Å². The number of nitrogens with one attached hydrogen (secondary N) is 4. The minimum absolute atomic E-state index is 0.205. The topological polar surface area (TPSA) is 116 Å². The number of carbonyl (C=O) groups is 1. The first-order valence-corrected chi connectivity index (χ1v) is 9.45. The van der Waals surface area contributed by atoms with E-state index in [0.717, 1.165) is 11.4 Å². The molecule has 0 atom stereocenters. The van der Waals surface area contributed by atoms with Gasteiger partial charge in [0.25, 0.3) is 0 Å². The fraction of sp³-hybridized carbons (Fsp3) is 0.211. The first-order chi connectivity index (χ1) is 14.3. The van der Waals surface area contributed by atoms with Crippen molar-refractivity contribution < 1.29 is 14.2 Å². The molecule has 4 N–H and O–H groups in total. The van der Waals surface area contributed by atoms with Crippen LogP contribution in [0, 0.1) is 0 Å². The molecule has 0 unspecified atom stereocenters. The number of carbonyl (C=O) groups excluding carboxylic acids is 1. The quantitative estimate of drug-likeness (QED) is 0.585. The van der Waals surface area contributed by atoms with Gasteiger partial charge >= 0.3 is 6.03 Å². The molecule has 0 saturated carbocycles. The lowest BCUT2D eigenvalue weighted by Gasteiger charge is -2.23. The molecule has 1 aromatic carbocycles. The van der Waals surface area contributed by atoms with Crippen molar-refractivity contribution in [2.45, 2.75) is 26.2 Å². The summed E-state index contributed by atoms with van der Waals surface area (Å²) >= 11 is 6.33. The molecule has 0 saturated heterocycles. The smallest absolute Gasteiger partial charge is 0.324 e. The predicted octanol–water partition coefficient (Wildman–Crippen LogP) is 3.70. The highest BCUT2D eigenvalue weighted by Gasteiger charge is 2.23. The van der Waals surface area contributed by atoms with Crippen molar-refractivity contribution in [3.8, 4) is 5.75 Å². The van der Waals surface area contributed by atoms with Crippen LogP contribution in [0.25, 0.3) is 0 Å². The van der Waals surface area contributed by atoms with E-state index >= 15 is 0 Å². The van der Waals surface area contributed by atoms with E-state index in [4.69, 9.17) is 21.0 Å². The minimum atomic E-state index is -0.473. The Bertz CT molecular complexity index is 1070. The summed E-state index contributed by atoms with van der Waals surface area (Å²) in [6.07, 6.45) is 4.92. The summed E-state index contributed by atoms with van der Waals surface area (Å²) in [7, 11) is 0. The van der Waals surface area contributed by atoms with E-state index in [2.05, 4.69) is 31.6 Å². The van der Waals surface area contributed by atoms with Crippen molar-refractivity contribution in [3.63, 3.8) is 0 Å². The van der Waals surface area contributed by atoms with Crippen LogP contribution in [-0.2, 0) is 5.41 Å².